The minimum Gasteiger partial charge on any atom is -0.494 e. The summed E-state index contributed by atoms with van der Waals surface area (Å²) >= 11 is 0. The molecule has 1 N–H and O–H groups in total. The molecule has 0 bridgehead atoms. The maximum atomic E-state index is 15.2. The highest BCUT2D eigenvalue weighted by Gasteiger charge is 2.25. The second-order valence-electron chi connectivity index (χ2n) is 7.84. The Bertz CT molecular complexity index is 1300. The molecule has 9 heteroatoms. The Morgan fingerprint density at radius 3 is 2.42 bits per heavy atom. The van der Waals surface area contributed by atoms with Crippen LogP contribution in [0.15, 0.2) is 42.9 Å². The summed E-state index contributed by atoms with van der Waals surface area (Å²) in [7, 11) is 2.62. The van der Waals surface area contributed by atoms with E-state index in [9.17, 15) is 0 Å². The van der Waals surface area contributed by atoms with E-state index in [0.29, 0.717) is 35.0 Å². The van der Waals surface area contributed by atoms with Gasteiger partial charge in [-0.2, -0.15) is 0 Å². The monoisotopic (exact) mass is 449 g/mol. The summed E-state index contributed by atoms with van der Waals surface area (Å²) in [6, 6.07) is 6.40. The predicted octanol–water partition coefficient (Wildman–Crippen LogP) is 4.87. The first-order chi connectivity index (χ1) is 16.1. The predicted molar refractivity (Wildman–Crippen MR) is 120 cm³/mol. The number of methoxy groups -OCH3 is 2. The summed E-state index contributed by atoms with van der Waals surface area (Å²) in [5, 5.41) is 3.90. The van der Waals surface area contributed by atoms with Crippen LogP contribution in [0.25, 0.3) is 33.5 Å². The van der Waals surface area contributed by atoms with Gasteiger partial charge >= 0.3 is 0 Å². The van der Waals surface area contributed by atoms with Crippen molar-refractivity contribution in [3.05, 3.63) is 54.5 Å². The van der Waals surface area contributed by atoms with Crippen LogP contribution in [0.5, 0.6) is 11.5 Å². The van der Waals surface area contributed by atoms with Crippen LogP contribution in [-0.2, 0) is 0 Å². The summed E-state index contributed by atoms with van der Waals surface area (Å²) in [6.07, 6.45) is 7.24. The highest BCUT2D eigenvalue weighted by molar-refractivity contribution is 5.92. The molecule has 7 nitrogen and oxygen atoms in total. The van der Waals surface area contributed by atoms with E-state index in [1.54, 1.807) is 30.7 Å². The molecule has 0 atom stereocenters. The smallest absolute Gasteiger partial charge is 0.177 e. The van der Waals surface area contributed by atoms with Gasteiger partial charge in [-0.1, -0.05) is 0 Å². The third-order valence-electron chi connectivity index (χ3n) is 5.57. The van der Waals surface area contributed by atoms with Crippen molar-refractivity contribution in [2.24, 2.45) is 5.92 Å². The van der Waals surface area contributed by atoms with Gasteiger partial charge in [0.25, 0.3) is 0 Å². The van der Waals surface area contributed by atoms with Crippen LogP contribution in [0.2, 0.25) is 0 Å². The van der Waals surface area contributed by atoms with Crippen molar-refractivity contribution in [2.45, 2.75) is 12.8 Å². The molecule has 0 radical (unpaired) electrons. The van der Waals surface area contributed by atoms with Gasteiger partial charge in [-0.15, -0.1) is 0 Å². The number of anilines is 1. The Labute approximate surface area is 188 Å². The Hall–Kier alpha value is -3.88. The molecule has 1 aliphatic carbocycles. The van der Waals surface area contributed by atoms with Gasteiger partial charge in [0.05, 0.1) is 25.5 Å². The number of nitrogens with zero attached hydrogens (tertiary/aromatic N) is 4. The van der Waals surface area contributed by atoms with Gasteiger partial charge in [0.2, 0.25) is 0 Å². The molecule has 3 heterocycles. The lowest BCUT2D eigenvalue weighted by Crippen LogP contribution is -2.08. The molecule has 0 amide bonds. The number of hydrogen-bond acceptors (Lipinski definition) is 7. The number of halogens is 2. The average Bonchev–Trinajstić information content (AvgIpc) is 3.68. The third kappa shape index (κ3) is 4.02. The SMILES string of the molecule is COc1cc(OC)c(F)c(-c2cc3cnc(-c4cccnc4)nc3c(NCC3CC3)n2)c1F. The van der Waals surface area contributed by atoms with E-state index in [2.05, 4.69) is 25.3 Å². The zero-order chi connectivity index (χ0) is 22.9. The number of benzene rings is 1. The second kappa shape index (κ2) is 8.57. The van der Waals surface area contributed by atoms with Gasteiger partial charge in [-0.25, -0.2) is 23.7 Å². The van der Waals surface area contributed by atoms with E-state index in [1.807, 2.05) is 6.07 Å². The van der Waals surface area contributed by atoms with Gasteiger partial charge in [0.1, 0.15) is 5.52 Å². The Kier molecular flexibility index (Phi) is 5.45. The molecule has 5 rings (SSSR count). The van der Waals surface area contributed by atoms with Crippen molar-refractivity contribution in [1.29, 1.82) is 0 Å². The number of hydrogen-bond donors (Lipinski definition) is 1. The Morgan fingerprint density at radius 1 is 1.03 bits per heavy atom. The van der Waals surface area contributed by atoms with Gasteiger partial charge in [0, 0.05) is 42.2 Å². The number of nitrogens with one attached hydrogen (secondary N) is 1. The van der Waals surface area contributed by atoms with E-state index in [-0.39, 0.29) is 22.8 Å². The minimum atomic E-state index is -0.858. The zero-order valence-corrected chi connectivity index (χ0v) is 18.1. The van der Waals surface area contributed by atoms with Crippen LogP contribution in [0.4, 0.5) is 14.6 Å². The minimum absolute atomic E-state index is 0.0886. The maximum Gasteiger partial charge on any atom is 0.177 e. The maximum absolute atomic E-state index is 15.2. The molecular weight excluding hydrogens is 428 g/mol. The average molecular weight is 449 g/mol. The highest BCUT2D eigenvalue weighted by atomic mass is 19.1. The normalized spacial score (nSPS) is 13.2. The molecule has 1 aromatic carbocycles. The fraction of sp³-hybridized carbons (Fsp3) is 0.250. The molecule has 0 saturated heterocycles. The number of pyridine rings is 2. The van der Waals surface area contributed by atoms with E-state index < -0.39 is 11.6 Å². The van der Waals surface area contributed by atoms with Crippen molar-refractivity contribution < 1.29 is 18.3 Å². The molecule has 33 heavy (non-hydrogen) atoms. The molecule has 0 spiro atoms. The largest absolute Gasteiger partial charge is 0.494 e. The van der Waals surface area contributed by atoms with Gasteiger partial charge < -0.3 is 14.8 Å². The lowest BCUT2D eigenvalue weighted by molar-refractivity contribution is 0.359. The van der Waals surface area contributed by atoms with Crippen molar-refractivity contribution in [3.63, 3.8) is 0 Å². The zero-order valence-electron chi connectivity index (χ0n) is 18.1. The molecule has 4 aromatic rings. The van der Waals surface area contributed by atoms with Crippen LogP contribution in [0.1, 0.15) is 12.8 Å². The van der Waals surface area contributed by atoms with Gasteiger partial charge in [-0.3, -0.25) is 4.98 Å². The van der Waals surface area contributed by atoms with E-state index in [0.717, 1.165) is 18.4 Å². The lowest BCUT2D eigenvalue weighted by Gasteiger charge is -2.15. The van der Waals surface area contributed by atoms with Crippen LogP contribution < -0.4 is 14.8 Å². The molecule has 1 fully saturated rings. The number of fused-ring (bicyclic) bond motifs is 1. The number of rotatable bonds is 7. The molecule has 3 aromatic heterocycles. The van der Waals surface area contributed by atoms with Crippen LogP contribution in [0.3, 0.4) is 0 Å². The van der Waals surface area contributed by atoms with Gasteiger partial charge in [-0.05, 0) is 37.0 Å². The van der Waals surface area contributed by atoms with Crippen molar-refractivity contribution in [2.75, 3.05) is 26.1 Å². The third-order valence-corrected chi connectivity index (χ3v) is 5.57. The van der Waals surface area contributed by atoms with Crippen molar-refractivity contribution in [1.82, 2.24) is 19.9 Å². The van der Waals surface area contributed by atoms with E-state index in [4.69, 9.17) is 9.47 Å². The van der Waals surface area contributed by atoms with Crippen LogP contribution >= 0.6 is 0 Å². The lowest BCUT2D eigenvalue weighted by atomic mass is 10.1. The molecule has 0 unspecified atom stereocenters. The second-order valence-corrected chi connectivity index (χ2v) is 7.84. The summed E-state index contributed by atoms with van der Waals surface area (Å²) in [4.78, 5) is 17.8. The highest BCUT2D eigenvalue weighted by Crippen LogP contribution is 2.39. The van der Waals surface area contributed by atoms with E-state index in [1.165, 1.54) is 20.3 Å². The van der Waals surface area contributed by atoms with Crippen molar-refractivity contribution >= 4 is 16.7 Å². The quantitative estimate of drug-likeness (QED) is 0.431. The summed E-state index contributed by atoms with van der Waals surface area (Å²) in [5.74, 6) is -0.521. The Morgan fingerprint density at radius 2 is 1.79 bits per heavy atom. The summed E-state index contributed by atoms with van der Waals surface area (Å²) < 4.78 is 40.5. The summed E-state index contributed by atoms with van der Waals surface area (Å²) in [5.41, 5.74) is 1.07. The first-order valence-electron chi connectivity index (χ1n) is 10.5. The first-order valence-corrected chi connectivity index (χ1v) is 10.5. The number of ether oxygens (including phenoxy) is 2. The molecule has 1 aliphatic rings. The topological polar surface area (TPSA) is 82.0 Å². The summed E-state index contributed by atoms with van der Waals surface area (Å²) in [6.45, 7) is 0.699. The molecule has 1 saturated carbocycles. The molecular formula is C24H21F2N5O2. The fourth-order valence-electron chi connectivity index (χ4n) is 3.60. The Balaban J connectivity index is 1.70. The fourth-order valence-corrected chi connectivity index (χ4v) is 3.60. The molecule has 0 aliphatic heterocycles. The van der Waals surface area contributed by atoms with Crippen molar-refractivity contribution in [3.8, 4) is 34.1 Å². The van der Waals surface area contributed by atoms with Crippen LogP contribution in [0, 0.1) is 17.6 Å². The van der Waals surface area contributed by atoms with Crippen LogP contribution in [-0.4, -0.2) is 40.7 Å². The number of aromatic nitrogens is 4. The van der Waals surface area contributed by atoms with E-state index >= 15 is 8.78 Å². The standard InChI is InChI=1S/C24H21F2N5O2/c1-32-17-9-18(33-2)21(26)19(20(17)25)16-8-15-12-29-23(14-4-3-7-27-11-14)31-22(15)24(30-16)28-10-13-5-6-13/h3-4,7-9,11-13H,5-6,10H2,1-2H3,(H,28,30). The first kappa shape index (κ1) is 21.0. The molecule has 168 valence electrons. The van der Waals surface area contributed by atoms with Gasteiger partial charge in [0.15, 0.2) is 34.8 Å².